The molecule has 1 heterocycles. The van der Waals surface area contributed by atoms with Crippen LogP contribution in [0.3, 0.4) is 0 Å². The number of rotatable bonds is 3. The Morgan fingerprint density at radius 2 is 2.12 bits per heavy atom. The van der Waals surface area contributed by atoms with Gasteiger partial charge in [0.2, 0.25) is 11.8 Å². The molecule has 1 saturated heterocycles. The van der Waals surface area contributed by atoms with E-state index in [0.717, 1.165) is 5.75 Å². The van der Waals surface area contributed by atoms with Crippen LogP contribution in [0, 0.1) is 5.92 Å². The van der Waals surface area contributed by atoms with Gasteiger partial charge in [0.15, 0.2) is 0 Å². The minimum Gasteiger partial charge on any atom is -0.497 e. The summed E-state index contributed by atoms with van der Waals surface area (Å²) in [4.78, 5) is 22.8. The maximum Gasteiger partial charge on any atom is 0.229 e. The lowest BCUT2D eigenvalue weighted by molar-refractivity contribution is -0.123. The van der Waals surface area contributed by atoms with Gasteiger partial charge in [-0.25, -0.2) is 0 Å². The summed E-state index contributed by atoms with van der Waals surface area (Å²) in [5.74, 6) is 0.263. The molecule has 5 nitrogen and oxygen atoms in total. The zero-order chi connectivity index (χ0) is 12.3. The monoisotopic (exact) mass is 234 g/mol. The van der Waals surface area contributed by atoms with E-state index in [0.29, 0.717) is 12.2 Å². The number of ether oxygens (including phenoxy) is 1. The van der Waals surface area contributed by atoms with Gasteiger partial charge in [-0.05, 0) is 24.3 Å². The Hall–Kier alpha value is -2.04. The molecule has 1 aromatic carbocycles. The molecule has 17 heavy (non-hydrogen) atoms. The summed E-state index contributed by atoms with van der Waals surface area (Å²) < 4.78 is 5.02. The van der Waals surface area contributed by atoms with Crippen molar-refractivity contribution in [2.24, 2.45) is 5.92 Å². The Kier molecular flexibility index (Phi) is 3.27. The highest BCUT2D eigenvalue weighted by atomic mass is 16.5. The van der Waals surface area contributed by atoms with Gasteiger partial charge in [0.1, 0.15) is 5.75 Å². The number of hydrogen-bond acceptors (Lipinski definition) is 3. The summed E-state index contributed by atoms with van der Waals surface area (Å²) in [6.45, 7) is 0.417. The Morgan fingerprint density at radius 3 is 2.65 bits per heavy atom. The molecule has 0 aromatic heterocycles. The largest absolute Gasteiger partial charge is 0.497 e. The number of nitrogens with one attached hydrogen (secondary N) is 2. The van der Waals surface area contributed by atoms with Crippen molar-refractivity contribution in [3.05, 3.63) is 24.3 Å². The highest BCUT2D eigenvalue weighted by Crippen LogP contribution is 2.17. The van der Waals surface area contributed by atoms with Gasteiger partial charge >= 0.3 is 0 Å². The molecule has 1 aromatic rings. The number of hydrogen-bond donors (Lipinski definition) is 2. The fraction of sp³-hybridized carbons (Fsp3) is 0.333. The maximum atomic E-state index is 11.8. The van der Waals surface area contributed by atoms with Crippen molar-refractivity contribution in [1.82, 2.24) is 5.32 Å². The van der Waals surface area contributed by atoms with Crippen LogP contribution < -0.4 is 15.4 Å². The standard InChI is InChI=1S/C12H14N2O3/c1-17-10-4-2-9(3-5-10)14-12(16)8-6-11(15)13-7-8/h2-5,8H,6-7H2,1H3,(H,13,15)(H,14,16). The molecule has 1 fully saturated rings. The van der Waals surface area contributed by atoms with Crippen LogP contribution in [0.2, 0.25) is 0 Å². The lowest BCUT2D eigenvalue weighted by atomic mass is 10.1. The molecule has 1 aliphatic rings. The molecule has 0 radical (unpaired) electrons. The molecule has 0 spiro atoms. The van der Waals surface area contributed by atoms with Crippen LogP contribution in [0.4, 0.5) is 5.69 Å². The summed E-state index contributed by atoms with van der Waals surface area (Å²) in [6, 6.07) is 7.07. The Morgan fingerprint density at radius 1 is 1.41 bits per heavy atom. The summed E-state index contributed by atoms with van der Waals surface area (Å²) >= 11 is 0. The predicted octanol–water partition coefficient (Wildman–Crippen LogP) is 0.770. The van der Waals surface area contributed by atoms with Crippen molar-refractivity contribution in [1.29, 1.82) is 0 Å². The molecule has 0 bridgehead atoms. The fourth-order valence-corrected chi connectivity index (χ4v) is 1.71. The van der Waals surface area contributed by atoms with Gasteiger partial charge in [-0.2, -0.15) is 0 Å². The first-order valence-electron chi connectivity index (χ1n) is 5.40. The number of carbonyl (C=O) groups is 2. The molecule has 0 saturated carbocycles. The van der Waals surface area contributed by atoms with Gasteiger partial charge in [-0.15, -0.1) is 0 Å². The van der Waals surface area contributed by atoms with Gasteiger partial charge in [-0.1, -0.05) is 0 Å². The molecule has 2 amide bonds. The average Bonchev–Trinajstić information content (AvgIpc) is 2.77. The highest BCUT2D eigenvalue weighted by Gasteiger charge is 2.27. The van der Waals surface area contributed by atoms with E-state index in [2.05, 4.69) is 10.6 Å². The Bertz CT molecular complexity index is 428. The van der Waals surface area contributed by atoms with Crippen LogP contribution in [0.1, 0.15) is 6.42 Å². The Labute approximate surface area is 99.2 Å². The van der Waals surface area contributed by atoms with Gasteiger partial charge in [0, 0.05) is 18.7 Å². The van der Waals surface area contributed by atoms with E-state index in [4.69, 9.17) is 4.74 Å². The molecule has 1 atom stereocenters. The first-order chi connectivity index (χ1) is 8.19. The van der Waals surface area contributed by atoms with Crippen molar-refractivity contribution >= 4 is 17.5 Å². The summed E-state index contributed by atoms with van der Waals surface area (Å²) in [7, 11) is 1.59. The van der Waals surface area contributed by atoms with Crippen molar-refractivity contribution in [3.63, 3.8) is 0 Å². The van der Waals surface area contributed by atoms with Crippen LogP contribution in [-0.4, -0.2) is 25.5 Å². The minimum atomic E-state index is -0.274. The van der Waals surface area contributed by atoms with E-state index in [1.54, 1.807) is 31.4 Å². The molecular weight excluding hydrogens is 220 g/mol. The fourth-order valence-electron chi connectivity index (χ4n) is 1.71. The predicted molar refractivity (Wildman–Crippen MR) is 62.7 cm³/mol. The molecule has 90 valence electrons. The van der Waals surface area contributed by atoms with E-state index in [-0.39, 0.29) is 24.2 Å². The number of benzene rings is 1. The van der Waals surface area contributed by atoms with E-state index >= 15 is 0 Å². The highest BCUT2D eigenvalue weighted by molar-refractivity contribution is 5.97. The zero-order valence-electron chi connectivity index (χ0n) is 9.53. The van der Waals surface area contributed by atoms with Crippen LogP contribution >= 0.6 is 0 Å². The topological polar surface area (TPSA) is 67.4 Å². The van der Waals surface area contributed by atoms with Gasteiger partial charge in [0.25, 0.3) is 0 Å². The third-order valence-electron chi connectivity index (χ3n) is 2.71. The third-order valence-corrected chi connectivity index (χ3v) is 2.71. The van der Waals surface area contributed by atoms with Crippen LogP contribution in [0.25, 0.3) is 0 Å². The quantitative estimate of drug-likeness (QED) is 0.811. The third kappa shape index (κ3) is 2.75. The molecule has 1 unspecified atom stereocenters. The Balaban J connectivity index is 1.95. The van der Waals surface area contributed by atoms with E-state index in [1.165, 1.54) is 0 Å². The summed E-state index contributed by atoms with van der Waals surface area (Å²) in [5, 5.41) is 5.40. The second-order valence-corrected chi connectivity index (χ2v) is 3.92. The van der Waals surface area contributed by atoms with E-state index < -0.39 is 0 Å². The second-order valence-electron chi connectivity index (χ2n) is 3.92. The minimum absolute atomic E-state index is 0.0696. The smallest absolute Gasteiger partial charge is 0.229 e. The molecule has 1 aliphatic heterocycles. The zero-order valence-corrected chi connectivity index (χ0v) is 9.53. The molecule has 0 aliphatic carbocycles. The van der Waals surface area contributed by atoms with Crippen LogP contribution in [0.15, 0.2) is 24.3 Å². The number of amides is 2. The lowest BCUT2D eigenvalue weighted by Crippen LogP contribution is -2.24. The van der Waals surface area contributed by atoms with Crippen molar-refractivity contribution in [3.8, 4) is 5.75 Å². The van der Waals surface area contributed by atoms with Crippen molar-refractivity contribution in [2.45, 2.75) is 6.42 Å². The maximum absolute atomic E-state index is 11.8. The molecular formula is C12H14N2O3. The first kappa shape index (κ1) is 11.4. The van der Waals surface area contributed by atoms with Gasteiger partial charge in [0.05, 0.1) is 13.0 Å². The first-order valence-corrected chi connectivity index (χ1v) is 5.40. The number of anilines is 1. The molecule has 2 rings (SSSR count). The van der Waals surface area contributed by atoms with Crippen LogP contribution in [0.5, 0.6) is 5.75 Å². The molecule has 2 N–H and O–H groups in total. The normalized spacial score (nSPS) is 18.6. The van der Waals surface area contributed by atoms with Gasteiger partial charge < -0.3 is 15.4 Å². The van der Waals surface area contributed by atoms with E-state index in [1.807, 2.05) is 0 Å². The lowest BCUT2D eigenvalue weighted by Gasteiger charge is -2.09. The van der Waals surface area contributed by atoms with Crippen molar-refractivity contribution < 1.29 is 14.3 Å². The summed E-state index contributed by atoms with van der Waals surface area (Å²) in [5.41, 5.74) is 0.704. The van der Waals surface area contributed by atoms with Gasteiger partial charge in [-0.3, -0.25) is 9.59 Å². The molecule has 5 heteroatoms. The number of carbonyl (C=O) groups excluding carboxylic acids is 2. The second kappa shape index (κ2) is 4.86. The number of methoxy groups -OCH3 is 1. The SMILES string of the molecule is COc1ccc(NC(=O)C2CNC(=O)C2)cc1. The average molecular weight is 234 g/mol. The van der Waals surface area contributed by atoms with Crippen LogP contribution in [-0.2, 0) is 9.59 Å². The van der Waals surface area contributed by atoms with E-state index in [9.17, 15) is 9.59 Å². The van der Waals surface area contributed by atoms with Crippen molar-refractivity contribution in [2.75, 3.05) is 19.0 Å². The summed E-state index contributed by atoms with van der Waals surface area (Å²) in [6.07, 6.45) is 0.266.